The Morgan fingerprint density at radius 3 is 2.50 bits per heavy atom. The third kappa shape index (κ3) is 3.99. The lowest BCUT2D eigenvalue weighted by molar-refractivity contribution is 0.340. The highest BCUT2D eigenvalue weighted by atomic mass is 15.0. The van der Waals surface area contributed by atoms with Gasteiger partial charge in [-0.15, -0.1) is 0 Å². The summed E-state index contributed by atoms with van der Waals surface area (Å²) in [6, 6.07) is 0. The summed E-state index contributed by atoms with van der Waals surface area (Å²) in [7, 11) is 0. The van der Waals surface area contributed by atoms with E-state index >= 15 is 0 Å². The highest BCUT2D eigenvalue weighted by Crippen LogP contribution is 2.35. The van der Waals surface area contributed by atoms with E-state index in [1.165, 1.54) is 25.7 Å². The number of hydrogen-bond acceptors (Lipinski definition) is 4. The molecule has 0 saturated carbocycles. The summed E-state index contributed by atoms with van der Waals surface area (Å²) in [6.07, 6.45) is 11.2. The Hall–Kier alpha value is -1.58. The van der Waals surface area contributed by atoms with Crippen molar-refractivity contribution in [2.75, 3.05) is 0 Å². The third-order valence-corrected chi connectivity index (χ3v) is 4.70. The molecular formula is C18H28N4. The molecule has 0 fully saturated rings. The van der Waals surface area contributed by atoms with Crippen LogP contribution in [0.2, 0.25) is 0 Å². The van der Waals surface area contributed by atoms with E-state index < -0.39 is 0 Å². The number of rotatable bonds is 8. The van der Waals surface area contributed by atoms with Gasteiger partial charge in [0.15, 0.2) is 5.65 Å². The molecule has 120 valence electrons. The Balaban J connectivity index is 2.37. The number of hydrogen-bond donors (Lipinski definition) is 0. The minimum Gasteiger partial charge on any atom is -0.249 e. The first-order valence-electron chi connectivity index (χ1n) is 8.58. The van der Waals surface area contributed by atoms with Crippen LogP contribution in [-0.2, 0) is 0 Å². The average Bonchev–Trinajstić information content (AvgIpc) is 2.56. The summed E-state index contributed by atoms with van der Waals surface area (Å²) in [6.45, 7) is 9.19. The van der Waals surface area contributed by atoms with E-state index in [1.54, 1.807) is 18.7 Å². The summed E-state index contributed by atoms with van der Waals surface area (Å²) in [4.78, 5) is 17.7. The lowest BCUT2D eigenvalue weighted by atomic mass is 9.80. The Morgan fingerprint density at radius 1 is 1.00 bits per heavy atom. The van der Waals surface area contributed by atoms with Crippen molar-refractivity contribution in [3.05, 3.63) is 24.4 Å². The van der Waals surface area contributed by atoms with Crippen molar-refractivity contribution in [3.63, 3.8) is 0 Å². The van der Waals surface area contributed by atoms with Gasteiger partial charge in [-0.05, 0) is 18.3 Å². The number of nitrogens with zero attached hydrogens (tertiary/aromatic N) is 4. The molecule has 2 aromatic rings. The molecule has 0 bridgehead atoms. The van der Waals surface area contributed by atoms with Gasteiger partial charge >= 0.3 is 0 Å². The molecule has 0 aliphatic carbocycles. The van der Waals surface area contributed by atoms with Crippen LogP contribution in [0.1, 0.15) is 71.4 Å². The van der Waals surface area contributed by atoms with Crippen LogP contribution < -0.4 is 0 Å². The monoisotopic (exact) mass is 300 g/mol. The topological polar surface area (TPSA) is 51.6 Å². The van der Waals surface area contributed by atoms with Gasteiger partial charge in [0, 0.05) is 18.3 Å². The van der Waals surface area contributed by atoms with Gasteiger partial charge in [0.25, 0.3) is 0 Å². The maximum atomic E-state index is 4.61. The molecular weight excluding hydrogens is 272 g/mol. The molecule has 2 aromatic heterocycles. The number of fused-ring (bicyclic) bond motifs is 1. The maximum Gasteiger partial charge on any atom is 0.181 e. The van der Waals surface area contributed by atoms with Gasteiger partial charge in [-0.2, -0.15) is 0 Å². The zero-order valence-electron chi connectivity index (χ0n) is 14.3. The van der Waals surface area contributed by atoms with E-state index in [9.17, 15) is 0 Å². The second kappa shape index (κ2) is 8.16. The van der Waals surface area contributed by atoms with Crippen LogP contribution >= 0.6 is 0 Å². The Kier molecular flexibility index (Phi) is 6.22. The van der Waals surface area contributed by atoms with Gasteiger partial charge in [-0.3, -0.25) is 0 Å². The van der Waals surface area contributed by atoms with Crippen LogP contribution in [0.15, 0.2) is 18.7 Å². The van der Waals surface area contributed by atoms with Gasteiger partial charge in [-0.25, -0.2) is 19.9 Å². The number of unbranched alkanes of at least 4 members (excludes halogenated alkanes) is 1. The van der Waals surface area contributed by atoms with Crippen molar-refractivity contribution in [1.82, 2.24) is 19.9 Å². The van der Waals surface area contributed by atoms with E-state index in [-0.39, 0.29) is 0 Å². The highest BCUT2D eigenvalue weighted by molar-refractivity contribution is 5.72. The predicted octanol–water partition coefficient (Wildman–Crippen LogP) is 4.77. The van der Waals surface area contributed by atoms with E-state index in [0.717, 1.165) is 17.6 Å². The molecule has 0 N–H and O–H groups in total. The van der Waals surface area contributed by atoms with Gasteiger partial charge in [0.1, 0.15) is 11.8 Å². The Labute approximate surface area is 133 Å². The summed E-state index contributed by atoms with van der Waals surface area (Å²) < 4.78 is 0. The largest absolute Gasteiger partial charge is 0.249 e. The fraction of sp³-hybridized carbons (Fsp3) is 0.667. The van der Waals surface area contributed by atoms with Gasteiger partial charge in [0.2, 0.25) is 0 Å². The van der Waals surface area contributed by atoms with Crippen LogP contribution in [0.5, 0.6) is 0 Å². The maximum absolute atomic E-state index is 4.61. The minimum atomic E-state index is 0.434. The molecule has 3 unspecified atom stereocenters. The van der Waals surface area contributed by atoms with Gasteiger partial charge < -0.3 is 0 Å². The molecule has 4 heteroatoms. The smallest absolute Gasteiger partial charge is 0.181 e. The zero-order valence-corrected chi connectivity index (χ0v) is 14.3. The van der Waals surface area contributed by atoms with Crippen LogP contribution in [-0.4, -0.2) is 19.9 Å². The molecule has 0 aliphatic heterocycles. The molecule has 4 nitrogen and oxygen atoms in total. The molecule has 2 rings (SSSR count). The molecule has 2 heterocycles. The first-order chi connectivity index (χ1) is 10.7. The molecule has 0 radical (unpaired) electrons. The molecule has 0 aromatic carbocycles. The Morgan fingerprint density at radius 2 is 1.77 bits per heavy atom. The van der Waals surface area contributed by atoms with Crippen LogP contribution in [0.3, 0.4) is 0 Å². The zero-order chi connectivity index (χ0) is 15.9. The minimum absolute atomic E-state index is 0.434. The Bertz CT molecular complexity index is 579. The first kappa shape index (κ1) is 16.8. The SMILES string of the molecule is CCCCC(C)C(CC(C)CC)c1ncnc2nccnc12. The summed E-state index contributed by atoms with van der Waals surface area (Å²) in [5.74, 6) is 1.73. The fourth-order valence-corrected chi connectivity index (χ4v) is 3.02. The predicted molar refractivity (Wildman–Crippen MR) is 90.6 cm³/mol. The number of aromatic nitrogens is 4. The summed E-state index contributed by atoms with van der Waals surface area (Å²) in [5.41, 5.74) is 2.67. The summed E-state index contributed by atoms with van der Waals surface area (Å²) >= 11 is 0. The molecule has 0 aliphatic rings. The molecule has 3 atom stereocenters. The highest BCUT2D eigenvalue weighted by Gasteiger charge is 2.25. The third-order valence-electron chi connectivity index (χ3n) is 4.70. The van der Waals surface area contributed by atoms with Crippen molar-refractivity contribution in [1.29, 1.82) is 0 Å². The standard InChI is InChI=1S/C18H28N4/c1-5-7-8-14(4)15(11-13(3)6-2)16-17-18(22-12-21-16)20-10-9-19-17/h9-10,12-15H,5-8,11H2,1-4H3. The van der Waals surface area contributed by atoms with Crippen molar-refractivity contribution in [2.45, 2.75) is 65.7 Å². The lowest BCUT2D eigenvalue weighted by Gasteiger charge is -2.26. The first-order valence-corrected chi connectivity index (χ1v) is 8.58. The van der Waals surface area contributed by atoms with E-state index in [0.29, 0.717) is 23.4 Å². The van der Waals surface area contributed by atoms with Crippen molar-refractivity contribution < 1.29 is 0 Å². The molecule has 0 saturated heterocycles. The van der Waals surface area contributed by atoms with Crippen LogP contribution in [0.25, 0.3) is 11.2 Å². The van der Waals surface area contributed by atoms with E-state index in [1.807, 2.05) is 0 Å². The second-order valence-electron chi connectivity index (χ2n) is 6.46. The second-order valence-corrected chi connectivity index (χ2v) is 6.46. The van der Waals surface area contributed by atoms with Crippen molar-refractivity contribution in [3.8, 4) is 0 Å². The van der Waals surface area contributed by atoms with Crippen LogP contribution in [0, 0.1) is 11.8 Å². The fourth-order valence-electron chi connectivity index (χ4n) is 3.02. The lowest BCUT2D eigenvalue weighted by Crippen LogP contribution is -2.16. The molecule has 0 spiro atoms. The molecule has 0 amide bonds. The van der Waals surface area contributed by atoms with Crippen LogP contribution in [0.4, 0.5) is 0 Å². The van der Waals surface area contributed by atoms with E-state index in [2.05, 4.69) is 47.6 Å². The van der Waals surface area contributed by atoms with Crippen molar-refractivity contribution >= 4 is 11.2 Å². The quantitative estimate of drug-likeness (QED) is 0.705. The van der Waals surface area contributed by atoms with Gasteiger partial charge in [0.05, 0.1) is 5.69 Å². The van der Waals surface area contributed by atoms with Crippen molar-refractivity contribution in [2.24, 2.45) is 11.8 Å². The van der Waals surface area contributed by atoms with E-state index in [4.69, 9.17) is 0 Å². The molecule has 22 heavy (non-hydrogen) atoms. The van der Waals surface area contributed by atoms with Gasteiger partial charge in [-0.1, -0.05) is 53.4 Å². The normalized spacial score (nSPS) is 15.6. The average molecular weight is 300 g/mol. The summed E-state index contributed by atoms with van der Waals surface area (Å²) in [5, 5.41) is 0.